The second-order valence-corrected chi connectivity index (χ2v) is 5.80. The number of benzene rings is 1. The normalized spacial score (nSPS) is 18.4. The summed E-state index contributed by atoms with van der Waals surface area (Å²) in [7, 11) is 0. The van der Waals surface area contributed by atoms with Crippen LogP contribution in [0.2, 0.25) is 0 Å². The fourth-order valence-electron chi connectivity index (χ4n) is 2.75. The van der Waals surface area contributed by atoms with Crippen molar-refractivity contribution in [2.75, 3.05) is 26.2 Å². The number of H-pyrrole nitrogens is 1. The number of hydrogen-bond acceptors (Lipinski definition) is 6. The molecule has 1 aromatic carbocycles. The van der Waals surface area contributed by atoms with Crippen LogP contribution in [0.1, 0.15) is 17.8 Å². The molecular formula is C16H22N6O2. The van der Waals surface area contributed by atoms with Gasteiger partial charge in [-0.2, -0.15) is 5.21 Å². The predicted molar refractivity (Wildman–Crippen MR) is 87.0 cm³/mol. The molecule has 0 saturated carbocycles. The Balaban J connectivity index is 1.39. The molecule has 0 aliphatic carbocycles. The van der Waals surface area contributed by atoms with Crippen LogP contribution in [0.5, 0.6) is 0 Å². The summed E-state index contributed by atoms with van der Waals surface area (Å²) in [5, 5.41) is 16.2. The molecule has 2 heterocycles. The number of nitrogens with one attached hydrogen (secondary N) is 2. The van der Waals surface area contributed by atoms with E-state index in [0.717, 1.165) is 25.9 Å². The molecular weight excluding hydrogens is 308 g/mol. The number of morpholine rings is 1. The van der Waals surface area contributed by atoms with E-state index in [2.05, 4.69) is 55.1 Å². The zero-order valence-electron chi connectivity index (χ0n) is 13.5. The molecule has 1 aliphatic heterocycles. The maximum atomic E-state index is 12.2. The van der Waals surface area contributed by atoms with E-state index in [4.69, 9.17) is 4.74 Å². The Labute approximate surface area is 140 Å². The maximum Gasteiger partial charge on any atom is 0.250 e. The number of carbonyl (C=O) groups excluding carboxylic acids is 1. The highest BCUT2D eigenvalue weighted by molar-refractivity contribution is 5.81. The molecule has 128 valence electrons. The van der Waals surface area contributed by atoms with Gasteiger partial charge in [0.25, 0.3) is 5.91 Å². The number of tetrazole rings is 1. The Bertz CT molecular complexity index is 619. The predicted octanol–water partition coefficient (Wildman–Crippen LogP) is 0.150. The molecule has 1 unspecified atom stereocenters. The third kappa shape index (κ3) is 4.84. The van der Waals surface area contributed by atoms with Gasteiger partial charge in [-0.15, -0.1) is 10.2 Å². The molecule has 8 nitrogen and oxygen atoms in total. The third-order valence-electron chi connectivity index (χ3n) is 4.04. The lowest BCUT2D eigenvalue weighted by molar-refractivity contribution is -0.138. The smallest absolute Gasteiger partial charge is 0.250 e. The van der Waals surface area contributed by atoms with Gasteiger partial charge in [-0.05, 0) is 24.9 Å². The van der Waals surface area contributed by atoms with Gasteiger partial charge in [0.05, 0.1) is 13.2 Å². The van der Waals surface area contributed by atoms with Crippen molar-refractivity contribution in [2.45, 2.75) is 25.5 Å². The van der Waals surface area contributed by atoms with E-state index in [0.29, 0.717) is 19.0 Å². The van der Waals surface area contributed by atoms with Gasteiger partial charge in [0.15, 0.2) is 5.82 Å². The van der Waals surface area contributed by atoms with Crippen molar-refractivity contribution in [3.8, 4) is 0 Å². The summed E-state index contributed by atoms with van der Waals surface area (Å²) in [5.74, 6) is 0.325. The zero-order valence-corrected chi connectivity index (χ0v) is 13.5. The van der Waals surface area contributed by atoms with Crippen LogP contribution >= 0.6 is 0 Å². The Hall–Kier alpha value is -2.32. The van der Waals surface area contributed by atoms with Crippen molar-refractivity contribution < 1.29 is 9.53 Å². The standard InChI is InChI=1S/C16H22N6O2/c23-16(17-11-15-18-20-21-19-15)14-12-22(9-10-24-14)8-4-7-13-5-2-1-3-6-13/h1-3,5-6,14H,4,7-12H2,(H,17,23)(H,18,19,20,21). The van der Waals surface area contributed by atoms with Crippen LogP contribution in [0, 0.1) is 0 Å². The molecule has 1 amide bonds. The minimum atomic E-state index is -0.442. The van der Waals surface area contributed by atoms with Crippen molar-refractivity contribution in [1.82, 2.24) is 30.8 Å². The Morgan fingerprint density at radius 3 is 3.04 bits per heavy atom. The van der Waals surface area contributed by atoms with Gasteiger partial charge in [0, 0.05) is 13.1 Å². The molecule has 24 heavy (non-hydrogen) atoms. The van der Waals surface area contributed by atoms with Crippen LogP contribution in [-0.4, -0.2) is 63.8 Å². The van der Waals surface area contributed by atoms with E-state index in [1.54, 1.807) is 0 Å². The molecule has 0 radical (unpaired) electrons. The monoisotopic (exact) mass is 330 g/mol. The number of amides is 1. The summed E-state index contributed by atoms with van der Waals surface area (Å²) < 4.78 is 5.59. The lowest BCUT2D eigenvalue weighted by Crippen LogP contribution is -2.49. The summed E-state index contributed by atoms with van der Waals surface area (Å²) in [4.78, 5) is 14.5. The number of rotatable bonds is 7. The molecule has 1 aliphatic rings. The van der Waals surface area contributed by atoms with Gasteiger partial charge in [0.1, 0.15) is 6.10 Å². The third-order valence-corrected chi connectivity index (χ3v) is 4.04. The number of aromatic nitrogens is 4. The lowest BCUT2D eigenvalue weighted by atomic mass is 10.1. The van der Waals surface area contributed by atoms with Crippen molar-refractivity contribution in [3.05, 3.63) is 41.7 Å². The first kappa shape index (κ1) is 16.5. The summed E-state index contributed by atoms with van der Waals surface area (Å²) in [6, 6.07) is 10.5. The molecule has 1 fully saturated rings. The highest BCUT2D eigenvalue weighted by Crippen LogP contribution is 2.08. The molecule has 1 saturated heterocycles. The molecule has 8 heteroatoms. The largest absolute Gasteiger partial charge is 0.366 e. The van der Waals surface area contributed by atoms with Gasteiger partial charge < -0.3 is 10.1 Å². The van der Waals surface area contributed by atoms with E-state index >= 15 is 0 Å². The van der Waals surface area contributed by atoms with Crippen LogP contribution in [0.15, 0.2) is 30.3 Å². The minimum Gasteiger partial charge on any atom is -0.366 e. The molecule has 3 rings (SSSR count). The van der Waals surface area contributed by atoms with E-state index in [1.165, 1.54) is 5.56 Å². The van der Waals surface area contributed by atoms with E-state index < -0.39 is 6.10 Å². The average Bonchev–Trinajstić information content (AvgIpc) is 3.14. The van der Waals surface area contributed by atoms with Gasteiger partial charge in [-0.3, -0.25) is 9.69 Å². The van der Waals surface area contributed by atoms with Crippen LogP contribution < -0.4 is 5.32 Å². The molecule has 1 aromatic heterocycles. The Morgan fingerprint density at radius 2 is 2.25 bits per heavy atom. The fourth-order valence-corrected chi connectivity index (χ4v) is 2.75. The number of carbonyl (C=O) groups is 1. The number of aromatic amines is 1. The van der Waals surface area contributed by atoms with Crippen LogP contribution in [-0.2, 0) is 22.5 Å². The molecule has 0 spiro atoms. The number of ether oxygens (including phenoxy) is 1. The van der Waals surface area contributed by atoms with Crippen molar-refractivity contribution in [1.29, 1.82) is 0 Å². The first-order valence-electron chi connectivity index (χ1n) is 8.19. The summed E-state index contributed by atoms with van der Waals surface area (Å²) in [6.45, 7) is 3.28. The van der Waals surface area contributed by atoms with Gasteiger partial charge >= 0.3 is 0 Å². The fraction of sp³-hybridized carbons (Fsp3) is 0.500. The summed E-state index contributed by atoms with van der Waals surface area (Å²) in [6.07, 6.45) is 1.68. The van der Waals surface area contributed by atoms with Crippen molar-refractivity contribution in [3.63, 3.8) is 0 Å². The van der Waals surface area contributed by atoms with Crippen LogP contribution in [0.3, 0.4) is 0 Å². The molecule has 2 aromatic rings. The molecule has 2 N–H and O–H groups in total. The van der Waals surface area contributed by atoms with Crippen molar-refractivity contribution in [2.24, 2.45) is 0 Å². The number of nitrogens with zero attached hydrogens (tertiary/aromatic N) is 4. The quantitative estimate of drug-likeness (QED) is 0.750. The highest BCUT2D eigenvalue weighted by atomic mass is 16.5. The Morgan fingerprint density at radius 1 is 1.38 bits per heavy atom. The number of aryl methyl sites for hydroxylation is 1. The lowest BCUT2D eigenvalue weighted by Gasteiger charge is -2.32. The van der Waals surface area contributed by atoms with Gasteiger partial charge in [0.2, 0.25) is 0 Å². The molecule has 1 atom stereocenters. The summed E-state index contributed by atoms with van der Waals surface area (Å²) in [5.41, 5.74) is 1.35. The van der Waals surface area contributed by atoms with E-state index in [9.17, 15) is 4.79 Å². The van der Waals surface area contributed by atoms with Crippen LogP contribution in [0.25, 0.3) is 0 Å². The first-order valence-corrected chi connectivity index (χ1v) is 8.19. The second-order valence-electron chi connectivity index (χ2n) is 5.80. The molecule has 0 bridgehead atoms. The average molecular weight is 330 g/mol. The van der Waals surface area contributed by atoms with E-state index in [1.807, 2.05) is 6.07 Å². The van der Waals surface area contributed by atoms with Gasteiger partial charge in [-0.1, -0.05) is 35.5 Å². The highest BCUT2D eigenvalue weighted by Gasteiger charge is 2.26. The second kappa shape index (κ2) is 8.51. The Kier molecular flexibility index (Phi) is 5.86. The SMILES string of the molecule is O=C(NCc1nn[nH]n1)C1CN(CCCc2ccccc2)CCO1. The minimum absolute atomic E-state index is 0.132. The summed E-state index contributed by atoms with van der Waals surface area (Å²) >= 11 is 0. The maximum absolute atomic E-state index is 12.2. The number of hydrogen-bond donors (Lipinski definition) is 2. The zero-order chi connectivity index (χ0) is 16.6. The van der Waals surface area contributed by atoms with Crippen molar-refractivity contribution >= 4 is 5.91 Å². The topological polar surface area (TPSA) is 96.0 Å². The van der Waals surface area contributed by atoms with Crippen LogP contribution in [0.4, 0.5) is 0 Å². The first-order chi connectivity index (χ1) is 11.8. The van der Waals surface area contributed by atoms with Gasteiger partial charge in [-0.25, -0.2) is 0 Å². The van der Waals surface area contributed by atoms with E-state index in [-0.39, 0.29) is 12.5 Å².